The van der Waals surface area contributed by atoms with Crippen molar-refractivity contribution in [2.45, 2.75) is 25.7 Å². The maximum Gasteiger partial charge on any atom is 0.183 e. The fraction of sp³-hybridized carbons (Fsp3) is 0.727. The van der Waals surface area contributed by atoms with E-state index >= 15 is 0 Å². The number of carbonyl (C=O) groups excluding carboxylic acids is 1. The summed E-state index contributed by atoms with van der Waals surface area (Å²) in [6, 6.07) is 0. The van der Waals surface area contributed by atoms with Crippen molar-refractivity contribution in [1.82, 2.24) is 20.3 Å². The summed E-state index contributed by atoms with van der Waals surface area (Å²) in [6.45, 7) is 2.16. The van der Waals surface area contributed by atoms with Crippen LogP contribution < -0.4 is 5.32 Å². The van der Waals surface area contributed by atoms with Gasteiger partial charge in [-0.05, 0) is 54.2 Å². The van der Waals surface area contributed by atoms with E-state index in [1.54, 1.807) is 7.05 Å². The Morgan fingerprint density at radius 3 is 2.82 bits per heavy atom. The van der Waals surface area contributed by atoms with Crippen LogP contribution >= 0.6 is 15.9 Å². The number of rotatable bonds is 4. The average Bonchev–Trinajstić information content (AvgIpc) is 2.67. The highest BCUT2D eigenvalue weighted by Crippen LogP contribution is 2.21. The second-order valence-electron chi connectivity index (χ2n) is 4.51. The number of ketones is 1. The van der Waals surface area contributed by atoms with E-state index in [9.17, 15) is 4.79 Å². The lowest BCUT2D eigenvalue weighted by atomic mass is 9.92. The minimum absolute atomic E-state index is 0.128. The van der Waals surface area contributed by atoms with E-state index in [2.05, 4.69) is 31.6 Å². The van der Waals surface area contributed by atoms with Crippen LogP contribution in [0.3, 0.4) is 0 Å². The molecule has 0 bridgehead atoms. The maximum atomic E-state index is 12.0. The Bertz CT molecular complexity index is 379. The third-order valence-corrected chi connectivity index (χ3v) is 3.82. The standard InChI is InChI=1S/C11H17BrN4O/c1-16-10(11(12)14-15-16)9(17)3-2-8-4-6-13-7-5-8/h8,13H,2-7H2,1H3. The zero-order chi connectivity index (χ0) is 12.3. The topological polar surface area (TPSA) is 59.8 Å². The summed E-state index contributed by atoms with van der Waals surface area (Å²) in [5.41, 5.74) is 0.582. The molecule has 0 atom stereocenters. The molecule has 1 saturated heterocycles. The Balaban J connectivity index is 1.89. The van der Waals surface area contributed by atoms with Crippen LogP contribution in [0.4, 0.5) is 0 Å². The molecule has 5 nitrogen and oxygen atoms in total. The van der Waals surface area contributed by atoms with Gasteiger partial charge < -0.3 is 5.32 Å². The number of nitrogens with zero attached hydrogens (tertiary/aromatic N) is 3. The molecule has 2 rings (SSSR count). The first-order valence-electron chi connectivity index (χ1n) is 5.97. The largest absolute Gasteiger partial charge is 0.317 e. The third-order valence-electron chi connectivity index (χ3n) is 3.29. The predicted molar refractivity (Wildman–Crippen MR) is 67.9 cm³/mol. The van der Waals surface area contributed by atoms with Crippen molar-refractivity contribution in [3.8, 4) is 0 Å². The number of carbonyl (C=O) groups is 1. The van der Waals surface area contributed by atoms with E-state index in [-0.39, 0.29) is 5.78 Å². The van der Waals surface area contributed by atoms with Crippen molar-refractivity contribution in [3.05, 3.63) is 10.3 Å². The first-order chi connectivity index (χ1) is 8.18. The third kappa shape index (κ3) is 3.13. The van der Waals surface area contributed by atoms with Gasteiger partial charge in [-0.3, -0.25) is 4.79 Å². The SMILES string of the molecule is Cn1nnc(Br)c1C(=O)CCC1CCNCC1. The minimum Gasteiger partial charge on any atom is -0.317 e. The van der Waals surface area contributed by atoms with Gasteiger partial charge in [-0.15, -0.1) is 5.10 Å². The van der Waals surface area contributed by atoms with Crippen LogP contribution in [0.25, 0.3) is 0 Å². The molecular formula is C11H17BrN4O. The number of Topliss-reactive ketones (excluding diaryl/α,β-unsaturated/α-hetero) is 1. The van der Waals surface area contributed by atoms with Crippen molar-refractivity contribution in [2.75, 3.05) is 13.1 Å². The zero-order valence-corrected chi connectivity index (χ0v) is 11.5. The molecule has 0 unspecified atom stereocenters. The highest BCUT2D eigenvalue weighted by atomic mass is 79.9. The minimum atomic E-state index is 0.128. The Morgan fingerprint density at radius 2 is 2.24 bits per heavy atom. The van der Waals surface area contributed by atoms with Crippen molar-refractivity contribution in [3.63, 3.8) is 0 Å². The van der Waals surface area contributed by atoms with Crippen LogP contribution in [0.1, 0.15) is 36.2 Å². The zero-order valence-electron chi connectivity index (χ0n) is 9.95. The van der Waals surface area contributed by atoms with Gasteiger partial charge in [-0.1, -0.05) is 5.21 Å². The van der Waals surface area contributed by atoms with Gasteiger partial charge in [0.05, 0.1) is 0 Å². The predicted octanol–water partition coefficient (Wildman–Crippen LogP) is 1.54. The van der Waals surface area contributed by atoms with E-state index in [1.807, 2.05) is 0 Å². The molecule has 0 saturated carbocycles. The molecule has 1 aliphatic rings. The van der Waals surface area contributed by atoms with E-state index < -0.39 is 0 Å². The fourth-order valence-corrected chi connectivity index (χ4v) is 2.80. The quantitative estimate of drug-likeness (QED) is 0.857. The summed E-state index contributed by atoms with van der Waals surface area (Å²) in [6.07, 6.45) is 3.92. The molecule has 0 amide bonds. The Labute approximate surface area is 109 Å². The lowest BCUT2D eigenvalue weighted by Crippen LogP contribution is -2.28. The van der Waals surface area contributed by atoms with Crippen molar-refractivity contribution in [1.29, 1.82) is 0 Å². The van der Waals surface area contributed by atoms with Gasteiger partial charge in [-0.2, -0.15) is 0 Å². The highest BCUT2D eigenvalue weighted by molar-refractivity contribution is 9.10. The Kier molecular flexibility index (Phi) is 4.28. The van der Waals surface area contributed by atoms with Gasteiger partial charge in [0.15, 0.2) is 10.4 Å². The molecule has 17 heavy (non-hydrogen) atoms. The molecular weight excluding hydrogens is 284 g/mol. The molecule has 1 aliphatic heterocycles. The Hall–Kier alpha value is -0.750. The van der Waals surface area contributed by atoms with Gasteiger partial charge in [0, 0.05) is 13.5 Å². The van der Waals surface area contributed by atoms with Gasteiger partial charge in [0.1, 0.15) is 5.69 Å². The summed E-state index contributed by atoms with van der Waals surface area (Å²) >= 11 is 3.26. The van der Waals surface area contributed by atoms with E-state index in [4.69, 9.17) is 0 Å². The lowest BCUT2D eigenvalue weighted by Gasteiger charge is -2.21. The van der Waals surface area contributed by atoms with Gasteiger partial charge in [0.25, 0.3) is 0 Å². The molecule has 6 heteroatoms. The van der Waals surface area contributed by atoms with Crippen molar-refractivity contribution < 1.29 is 4.79 Å². The van der Waals surface area contributed by atoms with Crippen LogP contribution in [0.5, 0.6) is 0 Å². The summed E-state index contributed by atoms with van der Waals surface area (Å²) in [7, 11) is 1.75. The summed E-state index contributed by atoms with van der Waals surface area (Å²) in [5.74, 6) is 0.808. The number of hydrogen-bond acceptors (Lipinski definition) is 4. The number of hydrogen-bond donors (Lipinski definition) is 1. The molecule has 0 spiro atoms. The van der Waals surface area contributed by atoms with E-state index in [1.165, 1.54) is 17.5 Å². The van der Waals surface area contributed by atoms with Crippen LogP contribution in [0, 0.1) is 5.92 Å². The Morgan fingerprint density at radius 1 is 1.53 bits per heavy atom. The van der Waals surface area contributed by atoms with E-state index in [0.29, 0.717) is 22.6 Å². The van der Waals surface area contributed by atoms with Crippen molar-refractivity contribution >= 4 is 21.7 Å². The monoisotopic (exact) mass is 300 g/mol. The molecule has 0 aliphatic carbocycles. The van der Waals surface area contributed by atoms with Gasteiger partial charge >= 0.3 is 0 Å². The second kappa shape index (κ2) is 5.73. The van der Waals surface area contributed by atoms with Crippen molar-refractivity contribution in [2.24, 2.45) is 13.0 Å². The smallest absolute Gasteiger partial charge is 0.183 e. The second-order valence-corrected chi connectivity index (χ2v) is 5.26. The lowest BCUT2D eigenvalue weighted by molar-refractivity contribution is 0.0961. The molecule has 0 radical (unpaired) electrons. The molecule has 1 aromatic rings. The van der Waals surface area contributed by atoms with Gasteiger partial charge in [0.2, 0.25) is 0 Å². The first kappa shape index (κ1) is 12.7. The molecule has 1 N–H and O–H groups in total. The summed E-state index contributed by atoms with van der Waals surface area (Å²) in [4.78, 5) is 12.0. The van der Waals surface area contributed by atoms with Crippen LogP contribution in [-0.2, 0) is 7.05 Å². The number of nitrogens with one attached hydrogen (secondary N) is 1. The highest BCUT2D eigenvalue weighted by Gasteiger charge is 2.19. The molecule has 0 aromatic carbocycles. The van der Waals surface area contributed by atoms with Gasteiger partial charge in [-0.25, -0.2) is 4.68 Å². The maximum absolute atomic E-state index is 12.0. The number of halogens is 1. The summed E-state index contributed by atoms with van der Waals surface area (Å²) in [5, 5.41) is 11.0. The fourth-order valence-electron chi connectivity index (χ4n) is 2.25. The summed E-state index contributed by atoms with van der Waals surface area (Å²) < 4.78 is 2.09. The molecule has 94 valence electrons. The first-order valence-corrected chi connectivity index (χ1v) is 6.77. The molecule has 2 heterocycles. The normalized spacial score (nSPS) is 17.3. The van der Waals surface area contributed by atoms with Crippen LogP contribution in [-0.4, -0.2) is 33.9 Å². The average molecular weight is 301 g/mol. The number of aryl methyl sites for hydroxylation is 1. The van der Waals surface area contributed by atoms with Crippen LogP contribution in [0.2, 0.25) is 0 Å². The number of aromatic nitrogens is 3. The number of piperidine rings is 1. The molecule has 1 aromatic heterocycles. The van der Waals surface area contributed by atoms with E-state index in [0.717, 1.165) is 19.5 Å². The molecule has 1 fully saturated rings. The van der Waals surface area contributed by atoms with Crippen LogP contribution in [0.15, 0.2) is 4.60 Å².